The van der Waals surface area contributed by atoms with E-state index in [0.29, 0.717) is 21.5 Å². The summed E-state index contributed by atoms with van der Waals surface area (Å²) in [5.74, 6) is -0.0311. The van der Waals surface area contributed by atoms with Crippen LogP contribution in [0, 0.1) is 5.82 Å². The number of rotatable bonds is 4. The molecule has 1 aromatic rings. The first kappa shape index (κ1) is 13.3. The van der Waals surface area contributed by atoms with Crippen LogP contribution in [0.4, 0.5) is 4.39 Å². The minimum atomic E-state index is -0.431. The van der Waals surface area contributed by atoms with Gasteiger partial charge in [-0.1, -0.05) is 6.92 Å². The molecule has 0 spiro atoms. The number of benzene rings is 1. The van der Waals surface area contributed by atoms with E-state index in [1.54, 1.807) is 6.92 Å². The van der Waals surface area contributed by atoms with Crippen molar-refractivity contribution in [2.45, 2.75) is 12.8 Å². The molecule has 0 aliphatic heterocycles. The summed E-state index contributed by atoms with van der Waals surface area (Å²) in [7, 11) is 2.92. The zero-order chi connectivity index (χ0) is 12.3. The molecule has 0 aromatic heterocycles. The van der Waals surface area contributed by atoms with Crippen LogP contribution in [0.2, 0.25) is 0 Å². The lowest BCUT2D eigenvalue weighted by molar-refractivity contribution is 0.264. The molecule has 0 heterocycles. The standard InChI is InChI=1S/C11H14BrFO3/c1-6(5-14)9-10(13)7(12)4-8(15-2)11(9)16-3/h4,6,14H,5H2,1-3H3. The summed E-state index contributed by atoms with van der Waals surface area (Å²) in [5.41, 5.74) is 0.316. The third-order valence-electron chi connectivity index (χ3n) is 2.36. The molecule has 1 N–H and O–H groups in total. The molecule has 1 atom stereocenters. The average molecular weight is 293 g/mol. The summed E-state index contributed by atoms with van der Waals surface area (Å²) in [6, 6.07) is 1.50. The first-order valence-electron chi connectivity index (χ1n) is 4.77. The second kappa shape index (κ2) is 5.50. The fourth-order valence-electron chi connectivity index (χ4n) is 1.50. The summed E-state index contributed by atoms with van der Waals surface area (Å²) in [6.07, 6.45) is 0. The molecule has 1 aromatic carbocycles. The highest BCUT2D eigenvalue weighted by Gasteiger charge is 2.22. The Morgan fingerprint density at radius 1 is 1.44 bits per heavy atom. The lowest BCUT2D eigenvalue weighted by Gasteiger charge is -2.18. The summed E-state index contributed by atoms with van der Waals surface area (Å²) < 4.78 is 24.4. The zero-order valence-electron chi connectivity index (χ0n) is 9.38. The summed E-state index contributed by atoms with van der Waals surface area (Å²) in [5, 5.41) is 9.11. The molecule has 5 heteroatoms. The van der Waals surface area contributed by atoms with E-state index in [2.05, 4.69) is 15.9 Å². The fraction of sp³-hybridized carbons (Fsp3) is 0.455. The normalized spacial score (nSPS) is 12.4. The van der Waals surface area contributed by atoms with Crippen molar-refractivity contribution in [3.05, 3.63) is 21.9 Å². The van der Waals surface area contributed by atoms with Gasteiger partial charge in [0.1, 0.15) is 5.82 Å². The molecule has 0 fully saturated rings. The van der Waals surface area contributed by atoms with Crippen molar-refractivity contribution in [1.82, 2.24) is 0 Å². The summed E-state index contributed by atoms with van der Waals surface area (Å²) >= 11 is 3.11. The Labute approximate surface area is 102 Å². The average Bonchev–Trinajstić information content (AvgIpc) is 2.30. The van der Waals surface area contributed by atoms with E-state index < -0.39 is 5.82 Å². The number of methoxy groups -OCH3 is 2. The van der Waals surface area contributed by atoms with Gasteiger partial charge >= 0.3 is 0 Å². The van der Waals surface area contributed by atoms with Gasteiger partial charge in [-0.2, -0.15) is 0 Å². The van der Waals surface area contributed by atoms with Crippen molar-refractivity contribution in [3.8, 4) is 11.5 Å². The maximum absolute atomic E-state index is 13.9. The Morgan fingerprint density at radius 2 is 2.06 bits per heavy atom. The number of ether oxygens (including phenoxy) is 2. The van der Waals surface area contributed by atoms with Gasteiger partial charge in [-0.15, -0.1) is 0 Å². The topological polar surface area (TPSA) is 38.7 Å². The van der Waals surface area contributed by atoms with E-state index in [1.165, 1.54) is 20.3 Å². The number of hydrogen-bond acceptors (Lipinski definition) is 3. The Balaban J connectivity index is 3.46. The van der Waals surface area contributed by atoms with Gasteiger partial charge in [0.05, 0.1) is 18.7 Å². The van der Waals surface area contributed by atoms with Gasteiger partial charge in [0.2, 0.25) is 0 Å². The second-order valence-corrected chi connectivity index (χ2v) is 4.26. The Morgan fingerprint density at radius 3 is 2.50 bits per heavy atom. The fourth-order valence-corrected chi connectivity index (χ4v) is 1.92. The molecule has 0 aliphatic rings. The van der Waals surface area contributed by atoms with Crippen LogP contribution in [0.15, 0.2) is 10.5 Å². The van der Waals surface area contributed by atoms with E-state index in [-0.39, 0.29) is 12.5 Å². The lowest BCUT2D eigenvalue weighted by atomic mass is 10.00. The van der Waals surface area contributed by atoms with Crippen molar-refractivity contribution >= 4 is 15.9 Å². The number of aliphatic hydroxyl groups is 1. The van der Waals surface area contributed by atoms with Crippen LogP contribution < -0.4 is 9.47 Å². The first-order chi connectivity index (χ1) is 7.56. The van der Waals surface area contributed by atoms with Gasteiger partial charge in [-0.25, -0.2) is 4.39 Å². The molecule has 0 saturated carbocycles. The minimum Gasteiger partial charge on any atom is -0.493 e. The molecule has 3 nitrogen and oxygen atoms in total. The summed E-state index contributed by atoms with van der Waals surface area (Å²) in [4.78, 5) is 0. The molecular formula is C11H14BrFO3. The molecule has 1 rings (SSSR count). The third kappa shape index (κ3) is 2.30. The maximum atomic E-state index is 13.9. The number of aliphatic hydroxyl groups excluding tert-OH is 1. The molecule has 0 aliphatic carbocycles. The lowest BCUT2D eigenvalue weighted by Crippen LogP contribution is -2.07. The van der Waals surface area contributed by atoms with Gasteiger partial charge in [-0.05, 0) is 15.9 Å². The van der Waals surface area contributed by atoms with Crippen LogP contribution in [0.5, 0.6) is 11.5 Å². The van der Waals surface area contributed by atoms with Crippen LogP contribution in [0.25, 0.3) is 0 Å². The van der Waals surface area contributed by atoms with Crippen LogP contribution in [0.1, 0.15) is 18.4 Å². The largest absolute Gasteiger partial charge is 0.493 e. The van der Waals surface area contributed by atoms with E-state index >= 15 is 0 Å². The van der Waals surface area contributed by atoms with Crippen LogP contribution >= 0.6 is 15.9 Å². The van der Waals surface area contributed by atoms with Crippen molar-refractivity contribution in [2.24, 2.45) is 0 Å². The predicted octanol–water partition coefficient (Wildman–Crippen LogP) is 2.70. The zero-order valence-corrected chi connectivity index (χ0v) is 11.0. The molecule has 0 radical (unpaired) electrons. The Kier molecular flexibility index (Phi) is 4.56. The van der Waals surface area contributed by atoms with Gasteiger partial charge in [0.25, 0.3) is 0 Å². The van der Waals surface area contributed by atoms with E-state index in [1.807, 2.05) is 0 Å². The van der Waals surface area contributed by atoms with Gasteiger partial charge < -0.3 is 14.6 Å². The molecule has 90 valence electrons. The second-order valence-electron chi connectivity index (χ2n) is 3.41. The van der Waals surface area contributed by atoms with Crippen LogP contribution in [-0.2, 0) is 0 Å². The minimum absolute atomic E-state index is 0.160. The highest BCUT2D eigenvalue weighted by Crippen LogP contribution is 2.40. The van der Waals surface area contributed by atoms with Crippen molar-refractivity contribution in [1.29, 1.82) is 0 Å². The summed E-state index contributed by atoms with van der Waals surface area (Å²) in [6.45, 7) is 1.56. The molecule has 0 bridgehead atoms. The smallest absolute Gasteiger partial charge is 0.167 e. The van der Waals surface area contributed by atoms with Gasteiger partial charge in [0, 0.05) is 24.2 Å². The SMILES string of the molecule is COc1cc(Br)c(F)c(C(C)CO)c1OC. The third-order valence-corrected chi connectivity index (χ3v) is 2.94. The molecule has 0 amide bonds. The predicted molar refractivity (Wildman–Crippen MR) is 62.7 cm³/mol. The highest BCUT2D eigenvalue weighted by atomic mass is 79.9. The number of halogens is 2. The monoisotopic (exact) mass is 292 g/mol. The van der Waals surface area contributed by atoms with Crippen molar-refractivity contribution < 1.29 is 19.0 Å². The Bertz CT molecular complexity index is 382. The van der Waals surface area contributed by atoms with E-state index in [9.17, 15) is 4.39 Å². The van der Waals surface area contributed by atoms with Crippen LogP contribution in [0.3, 0.4) is 0 Å². The Hall–Kier alpha value is -0.810. The van der Waals surface area contributed by atoms with Crippen molar-refractivity contribution in [3.63, 3.8) is 0 Å². The van der Waals surface area contributed by atoms with Crippen LogP contribution in [-0.4, -0.2) is 25.9 Å². The van der Waals surface area contributed by atoms with Crippen molar-refractivity contribution in [2.75, 3.05) is 20.8 Å². The first-order valence-corrected chi connectivity index (χ1v) is 5.56. The quantitative estimate of drug-likeness (QED) is 0.927. The molecule has 0 saturated heterocycles. The van der Waals surface area contributed by atoms with Gasteiger partial charge in [-0.3, -0.25) is 0 Å². The molecule has 16 heavy (non-hydrogen) atoms. The van der Waals surface area contributed by atoms with Gasteiger partial charge in [0.15, 0.2) is 11.5 Å². The van der Waals surface area contributed by atoms with E-state index in [4.69, 9.17) is 14.6 Å². The maximum Gasteiger partial charge on any atom is 0.167 e. The van der Waals surface area contributed by atoms with E-state index in [0.717, 1.165) is 0 Å². The molecule has 1 unspecified atom stereocenters. The number of hydrogen-bond donors (Lipinski definition) is 1. The molecular weight excluding hydrogens is 279 g/mol. The highest BCUT2D eigenvalue weighted by molar-refractivity contribution is 9.10.